The minimum Gasteiger partial charge on any atom is -0.415 e. The molecule has 0 radical (unpaired) electrons. The summed E-state index contributed by atoms with van der Waals surface area (Å²) in [6, 6.07) is 2.72. The van der Waals surface area contributed by atoms with E-state index in [0.29, 0.717) is 12.2 Å². The van der Waals surface area contributed by atoms with Crippen molar-refractivity contribution in [2.75, 3.05) is 0 Å². The van der Waals surface area contributed by atoms with Gasteiger partial charge in [0.25, 0.3) is 0 Å². The van der Waals surface area contributed by atoms with Gasteiger partial charge >= 0.3 is 0 Å². The molecule has 2 saturated heterocycles. The molecule has 2 heterocycles. The van der Waals surface area contributed by atoms with Crippen molar-refractivity contribution >= 4 is 16.6 Å². The van der Waals surface area contributed by atoms with Crippen molar-refractivity contribution in [2.24, 2.45) is 0 Å². The highest BCUT2D eigenvalue weighted by Gasteiger charge is 2.43. The standard InChI is InChI=1S/C15H32O2Si2/c1-14-9-5-7-11-18(3,16-14)13-19(4)12-8-6-10-15(2)17-19/h14-15H,5-13H2,1-4H3. The van der Waals surface area contributed by atoms with E-state index in [1.54, 1.807) is 0 Å². The summed E-state index contributed by atoms with van der Waals surface area (Å²) in [5.74, 6) is 0. The molecule has 2 aliphatic heterocycles. The van der Waals surface area contributed by atoms with E-state index < -0.39 is 16.6 Å². The molecule has 4 heteroatoms. The maximum absolute atomic E-state index is 6.54. The van der Waals surface area contributed by atoms with Crippen LogP contribution in [0.25, 0.3) is 0 Å². The first-order chi connectivity index (χ1) is 8.91. The lowest BCUT2D eigenvalue weighted by Crippen LogP contribution is -2.49. The van der Waals surface area contributed by atoms with Crippen molar-refractivity contribution in [3.05, 3.63) is 0 Å². The lowest BCUT2D eigenvalue weighted by molar-refractivity contribution is 0.196. The number of hydrogen-bond donors (Lipinski definition) is 0. The van der Waals surface area contributed by atoms with Crippen molar-refractivity contribution in [2.45, 2.75) is 95.4 Å². The van der Waals surface area contributed by atoms with Crippen molar-refractivity contribution in [3.63, 3.8) is 0 Å². The smallest absolute Gasteiger partial charge is 0.189 e. The van der Waals surface area contributed by atoms with Gasteiger partial charge < -0.3 is 8.85 Å². The Balaban J connectivity index is 2.03. The Bertz CT molecular complexity index is 272. The maximum Gasteiger partial charge on any atom is 0.189 e. The monoisotopic (exact) mass is 300 g/mol. The molecule has 2 fully saturated rings. The lowest BCUT2D eigenvalue weighted by Gasteiger charge is -2.37. The molecule has 4 atom stereocenters. The number of rotatable bonds is 2. The second-order valence-corrected chi connectivity index (χ2v) is 16.1. The molecule has 2 rings (SSSR count). The Morgan fingerprint density at radius 3 is 1.63 bits per heavy atom. The van der Waals surface area contributed by atoms with Gasteiger partial charge in [0, 0.05) is 12.2 Å². The summed E-state index contributed by atoms with van der Waals surface area (Å²) >= 11 is 0. The maximum atomic E-state index is 6.54. The molecule has 0 amide bonds. The molecule has 2 aliphatic rings. The third-order valence-corrected chi connectivity index (χ3v) is 15.6. The van der Waals surface area contributed by atoms with Crippen LogP contribution in [0.2, 0.25) is 30.8 Å². The SMILES string of the molecule is CC1CCCC[Si](C)(C[Si]2(C)CCCCC(C)O2)O1. The molecule has 112 valence electrons. The summed E-state index contributed by atoms with van der Waals surface area (Å²) in [6.45, 7) is 9.51. The Hall–Kier alpha value is 0.354. The fourth-order valence-corrected chi connectivity index (χ4v) is 16.9. The van der Waals surface area contributed by atoms with Gasteiger partial charge in [-0.3, -0.25) is 0 Å². The Morgan fingerprint density at radius 2 is 1.21 bits per heavy atom. The Kier molecular flexibility index (Phi) is 5.31. The van der Waals surface area contributed by atoms with E-state index in [4.69, 9.17) is 8.85 Å². The molecule has 0 bridgehead atoms. The molecule has 4 unspecified atom stereocenters. The third-order valence-electron chi connectivity index (χ3n) is 4.85. The van der Waals surface area contributed by atoms with E-state index in [2.05, 4.69) is 26.9 Å². The van der Waals surface area contributed by atoms with Gasteiger partial charge in [-0.1, -0.05) is 25.7 Å². The van der Waals surface area contributed by atoms with Crippen molar-refractivity contribution in [1.29, 1.82) is 0 Å². The summed E-state index contributed by atoms with van der Waals surface area (Å²) in [4.78, 5) is 0. The number of hydrogen-bond acceptors (Lipinski definition) is 2. The van der Waals surface area contributed by atoms with Crippen LogP contribution >= 0.6 is 0 Å². The van der Waals surface area contributed by atoms with Crippen LogP contribution < -0.4 is 0 Å². The highest BCUT2D eigenvalue weighted by atomic mass is 28.4. The molecular weight excluding hydrogens is 268 g/mol. The zero-order valence-electron chi connectivity index (χ0n) is 13.3. The summed E-state index contributed by atoms with van der Waals surface area (Å²) < 4.78 is 13.1. The predicted molar refractivity (Wildman–Crippen MR) is 86.5 cm³/mol. The minimum absolute atomic E-state index is 0.486. The average molecular weight is 301 g/mol. The second-order valence-electron chi connectivity index (χ2n) is 7.43. The van der Waals surface area contributed by atoms with Gasteiger partial charge in [-0.2, -0.15) is 0 Å². The molecule has 2 nitrogen and oxygen atoms in total. The largest absolute Gasteiger partial charge is 0.415 e. The van der Waals surface area contributed by atoms with E-state index >= 15 is 0 Å². The first kappa shape index (κ1) is 15.7. The topological polar surface area (TPSA) is 18.5 Å². The molecule has 0 aromatic rings. The van der Waals surface area contributed by atoms with Gasteiger partial charge in [0.2, 0.25) is 0 Å². The van der Waals surface area contributed by atoms with Gasteiger partial charge in [-0.05, 0) is 57.5 Å². The third kappa shape index (κ3) is 4.69. The van der Waals surface area contributed by atoms with Gasteiger partial charge in [0.15, 0.2) is 16.6 Å². The van der Waals surface area contributed by atoms with Crippen LogP contribution in [0.4, 0.5) is 0 Å². The lowest BCUT2D eigenvalue weighted by atomic mass is 10.2. The first-order valence-corrected chi connectivity index (χ1v) is 13.9. The molecule has 0 N–H and O–H groups in total. The minimum atomic E-state index is -1.52. The molecule has 19 heavy (non-hydrogen) atoms. The van der Waals surface area contributed by atoms with Crippen molar-refractivity contribution in [1.82, 2.24) is 0 Å². The normalized spacial score (nSPS) is 45.5. The summed E-state index contributed by atoms with van der Waals surface area (Å²) in [7, 11) is -3.05. The van der Waals surface area contributed by atoms with Crippen LogP contribution in [0, 0.1) is 0 Å². The summed E-state index contributed by atoms with van der Waals surface area (Å²) in [6.07, 6.45) is 8.98. The van der Waals surface area contributed by atoms with Gasteiger partial charge in [0.05, 0.1) is 0 Å². The van der Waals surface area contributed by atoms with Gasteiger partial charge in [0.1, 0.15) is 0 Å². The van der Waals surface area contributed by atoms with Crippen LogP contribution in [0.15, 0.2) is 0 Å². The van der Waals surface area contributed by atoms with E-state index in [9.17, 15) is 0 Å². The van der Waals surface area contributed by atoms with Crippen LogP contribution in [0.5, 0.6) is 0 Å². The van der Waals surface area contributed by atoms with Crippen LogP contribution in [-0.4, -0.2) is 28.8 Å². The van der Waals surface area contributed by atoms with Gasteiger partial charge in [-0.15, -0.1) is 0 Å². The molecule has 0 aromatic heterocycles. The fourth-order valence-electron chi connectivity index (χ4n) is 4.12. The van der Waals surface area contributed by atoms with E-state index in [-0.39, 0.29) is 0 Å². The molecule has 0 aliphatic carbocycles. The highest BCUT2D eigenvalue weighted by molar-refractivity contribution is 6.90. The summed E-state index contributed by atoms with van der Waals surface area (Å²) in [5.41, 5.74) is 1.33. The zero-order valence-corrected chi connectivity index (χ0v) is 15.3. The molecule has 0 saturated carbocycles. The van der Waals surface area contributed by atoms with Gasteiger partial charge in [-0.25, -0.2) is 0 Å². The van der Waals surface area contributed by atoms with Crippen molar-refractivity contribution in [3.8, 4) is 0 Å². The second kappa shape index (κ2) is 6.41. The Labute approximate surface area is 121 Å². The quantitative estimate of drug-likeness (QED) is 0.678. The zero-order chi connectivity index (χ0) is 13.9. The van der Waals surface area contributed by atoms with Crippen LogP contribution in [-0.2, 0) is 8.85 Å². The van der Waals surface area contributed by atoms with Crippen LogP contribution in [0.1, 0.15) is 52.4 Å². The van der Waals surface area contributed by atoms with E-state index in [0.717, 1.165) is 0 Å². The molecule has 0 aromatic carbocycles. The molecule has 0 spiro atoms. The molecular formula is C15H32O2Si2. The van der Waals surface area contributed by atoms with Crippen molar-refractivity contribution < 1.29 is 8.85 Å². The van der Waals surface area contributed by atoms with Crippen LogP contribution in [0.3, 0.4) is 0 Å². The highest BCUT2D eigenvalue weighted by Crippen LogP contribution is 2.36. The predicted octanol–water partition coefficient (Wildman–Crippen LogP) is 4.85. The fraction of sp³-hybridized carbons (Fsp3) is 1.00. The first-order valence-electron chi connectivity index (χ1n) is 8.27. The van der Waals surface area contributed by atoms with E-state index in [1.165, 1.54) is 56.3 Å². The summed E-state index contributed by atoms with van der Waals surface area (Å²) in [5, 5.41) is 0. The average Bonchev–Trinajstić information content (AvgIpc) is 2.54. The van der Waals surface area contributed by atoms with E-state index in [1.807, 2.05) is 0 Å². The Morgan fingerprint density at radius 1 is 0.789 bits per heavy atom.